The summed E-state index contributed by atoms with van der Waals surface area (Å²) in [6.07, 6.45) is -0.872. The number of carbonyl (C=O) groups is 2. The van der Waals surface area contributed by atoms with Crippen LogP contribution in [0.2, 0.25) is 0 Å². The van der Waals surface area contributed by atoms with Crippen molar-refractivity contribution in [3.63, 3.8) is 0 Å². The standard InChI is InChI=1S/C13H25O7P/c1-6-11(15)12(9-13(17-5)20-10(4)14)21(16,18-7-2)19-8-3/h12-13H,6-9H2,1-5H3. The quantitative estimate of drug-likeness (QED) is 0.328. The third-order valence-electron chi connectivity index (χ3n) is 2.70. The Labute approximate surface area is 125 Å². The molecule has 0 aliphatic carbocycles. The van der Waals surface area contributed by atoms with Crippen LogP contribution in [0.4, 0.5) is 0 Å². The van der Waals surface area contributed by atoms with E-state index in [4.69, 9.17) is 18.5 Å². The normalized spacial score (nSPS) is 14.5. The zero-order valence-corrected chi connectivity index (χ0v) is 14.2. The molecular formula is C13H25O7P. The number of carbonyl (C=O) groups excluding carboxylic acids is 2. The first-order chi connectivity index (χ1) is 9.84. The van der Waals surface area contributed by atoms with Crippen molar-refractivity contribution in [3.8, 4) is 0 Å². The molecule has 0 rings (SSSR count). The van der Waals surface area contributed by atoms with Crippen LogP contribution in [0.1, 0.15) is 40.5 Å². The van der Waals surface area contributed by atoms with Crippen LogP contribution in [-0.4, -0.2) is 44.0 Å². The van der Waals surface area contributed by atoms with Crippen molar-refractivity contribution in [2.24, 2.45) is 0 Å². The molecule has 8 heteroatoms. The third kappa shape index (κ3) is 6.70. The highest BCUT2D eigenvalue weighted by atomic mass is 31.2. The molecule has 0 fully saturated rings. The Bertz CT molecular complexity index is 373. The maximum atomic E-state index is 12.8. The third-order valence-corrected chi connectivity index (χ3v) is 5.19. The van der Waals surface area contributed by atoms with E-state index in [-0.39, 0.29) is 31.8 Å². The molecule has 124 valence electrons. The number of hydrogen-bond donors (Lipinski definition) is 0. The van der Waals surface area contributed by atoms with Crippen molar-refractivity contribution in [2.45, 2.75) is 52.5 Å². The fourth-order valence-electron chi connectivity index (χ4n) is 1.81. The molecule has 0 spiro atoms. The summed E-state index contributed by atoms with van der Waals surface area (Å²) in [5, 5.41) is 0. The van der Waals surface area contributed by atoms with E-state index in [1.54, 1.807) is 20.8 Å². The van der Waals surface area contributed by atoms with Crippen LogP contribution in [0, 0.1) is 0 Å². The highest BCUT2D eigenvalue weighted by molar-refractivity contribution is 7.55. The van der Waals surface area contributed by atoms with Crippen LogP contribution < -0.4 is 0 Å². The molecule has 0 saturated carbocycles. The van der Waals surface area contributed by atoms with Gasteiger partial charge in [-0.05, 0) is 13.8 Å². The van der Waals surface area contributed by atoms with Crippen molar-refractivity contribution in [1.29, 1.82) is 0 Å². The Morgan fingerprint density at radius 2 is 1.62 bits per heavy atom. The van der Waals surface area contributed by atoms with Gasteiger partial charge in [-0.1, -0.05) is 6.92 Å². The van der Waals surface area contributed by atoms with Gasteiger partial charge in [0.25, 0.3) is 0 Å². The maximum absolute atomic E-state index is 12.8. The van der Waals surface area contributed by atoms with Crippen LogP contribution in [-0.2, 0) is 32.7 Å². The van der Waals surface area contributed by atoms with Crippen molar-refractivity contribution in [2.75, 3.05) is 20.3 Å². The second-order valence-corrected chi connectivity index (χ2v) is 6.44. The first-order valence-corrected chi connectivity index (χ1v) is 8.57. The Kier molecular flexibility index (Phi) is 9.70. The van der Waals surface area contributed by atoms with Gasteiger partial charge in [-0.3, -0.25) is 14.2 Å². The average molecular weight is 324 g/mol. The Morgan fingerprint density at radius 3 is 1.95 bits per heavy atom. The van der Waals surface area contributed by atoms with Crippen molar-refractivity contribution < 1.29 is 32.7 Å². The van der Waals surface area contributed by atoms with Gasteiger partial charge in [-0.25, -0.2) is 0 Å². The number of methoxy groups -OCH3 is 1. The summed E-state index contributed by atoms with van der Waals surface area (Å²) in [5.41, 5.74) is -1.02. The molecule has 21 heavy (non-hydrogen) atoms. The van der Waals surface area contributed by atoms with E-state index in [0.717, 1.165) is 0 Å². The smallest absolute Gasteiger partial charge is 0.341 e. The predicted molar refractivity (Wildman–Crippen MR) is 77.1 cm³/mol. The molecule has 0 amide bonds. The summed E-state index contributed by atoms with van der Waals surface area (Å²) in [7, 11) is -2.29. The minimum atomic E-state index is -3.63. The SMILES string of the molecule is CCOP(=O)(OCC)C(CC(OC)OC(C)=O)C(=O)CC. The minimum Gasteiger partial charge on any atom is -0.436 e. The average Bonchev–Trinajstić information content (AvgIpc) is 2.42. The van der Waals surface area contributed by atoms with Crippen LogP contribution >= 0.6 is 7.60 Å². The minimum absolute atomic E-state index is 0.0694. The van der Waals surface area contributed by atoms with E-state index < -0.39 is 25.5 Å². The lowest BCUT2D eigenvalue weighted by atomic mass is 10.1. The monoisotopic (exact) mass is 324 g/mol. The van der Waals surface area contributed by atoms with E-state index in [1.165, 1.54) is 14.0 Å². The van der Waals surface area contributed by atoms with Gasteiger partial charge in [0.2, 0.25) is 6.29 Å². The molecule has 0 radical (unpaired) electrons. The number of ether oxygens (including phenoxy) is 2. The van der Waals surface area contributed by atoms with Crippen LogP contribution in [0.3, 0.4) is 0 Å². The van der Waals surface area contributed by atoms with Gasteiger partial charge in [-0.15, -0.1) is 0 Å². The zero-order valence-electron chi connectivity index (χ0n) is 13.3. The molecule has 0 aliphatic rings. The molecule has 0 aromatic rings. The van der Waals surface area contributed by atoms with E-state index in [2.05, 4.69) is 0 Å². The fraction of sp³-hybridized carbons (Fsp3) is 0.846. The summed E-state index contributed by atoms with van der Waals surface area (Å²) < 4.78 is 33.2. The number of rotatable bonds is 11. The van der Waals surface area contributed by atoms with Gasteiger partial charge >= 0.3 is 13.6 Å². The summed E-state index contributed by atoms with van der Waals surface area (Å²) in [6, 6.07) is 0. The van der Waals surface area contributed by atoms with E-state index in [9.17, 15) is 14.2 Å². The molecule has 0 saturated heterocycles. The number of ketones is 1. The second-order valence-electron chi connectivity index (χ2n) is 4.22. The number of esters is 1. The maximum Gasteiger partial charge on any atom is 0.341 e. The molecular weight excluding hydrogens is 299 g/mol. The Morgan fingerprint density at radius 1 is 1.10 bits per heavy atom. The fourth-order valence-corrected chi connectivity index (χ4v) is 3.93. The molecule has 7 nitrogen and oxygen atoms in total. The highest BCUT2D eigenvalue weighted by Gasteiger charge is 2.42. The summed E-state index contributed by atoms with van der Waals surface area (Å²) >= 11 is 0. The lowest BCUT2D eigenvalue weighted by Crippen LogP contribution is -2.31. The van der Waals surface area contributed by atoms with Crippen LogP contribution in [0.25, 0.3) is 0 Å². The predicted octanol–water partition coefficient (Wildman–Crippen LogP) is 2.53. The molecule has 0 bridgehead atoms. The van der Waals surface area contributed by atoms with E-state index in [1.807, 2.05) is 0 Å². The molecule has 2 unspecified atom stereocenters. The molecule has 2 atom stereocenters. The zero-order chi connectivity index (χ0) is 16.5. The van der Waals surface area contributed by atoms with Gasteiger partial charge in [-0.2, -0.15) is 0 Å². The number of hydrogen-bond acceptors (Lipinski definition) is 7. The first kappa shape index (κ1) is 20.2. The lowest BCUT2D eigenvalue weighted by Gasteiger charge is -2.27. The summed E-state index contributed by atoms with van der Waals surface area (Å²) in [5.74, 6) is -0.832. The molecule has 0 heterocycles. The lowest BCUT2D eigenvalue weighted by molar-refractivity contribution is -0.172. The van der Waals surface area contributed by atoms with Crippen LogP contribution in [0.15, 0.2) is 0 Å². The van der Waals surface area contributed by atoms with Crippen LogP contribution in [0.5, 0.6) is 0 Å². The molecule has 0 aliphatic heterocycles. The van der Waals surface area contributed by atoms with Gasteiger partial charge in [0.1, 0.15) is 11.4 Å². The van der Waals surface area contributed by atoms with Gasteiger partial charge in [0.05, 0.1) is 13.2 Å². The Balaban J connectivity index is 5.29. The molecule has 0 aromatic carbocycles. The molecule has 0 aromatic heterocycles. The van der Waals surface area contributed by atoms with Gasteiger partial charge in [0.15, 0.2) is 0 Å². The second kappa shape index (κ2) is 10.1. The van der Waals surface area contributed by atoms with Crippen molar-refractivity contribution in [3.05, 3.63) is 0 Å². The molecule has 0 N–H and O–H groups in total. The van der Waals surface area contributed by atoms with Gasteiger partial charge < -0.3 is 18.5 Å². The Hall–Kier alpha value is -0.750. The van der Waals surface area contributed by atoms with Crippen molar-refractivity contribution >= 4 is 19.3 Å². The number of Topliss-reactive ketones (excluding diaryl/α,β-unsaturated/α-hetero) is 1. The summed E-state index contributed by atoms with van der Waals surface area (Å²) in [4.78, 5) is 23.1. The largest absolute Gasteiger partial charge is 0.436 e. The van der Waals surface area contributed by atoms with Crippen molar-refractivity contribution in [1.82, 2.24) is 0 Å². The summed E-state index contributed by atoms with van der Waals surface area (Å²) in [6.45, 7) is 6.52. The van der Waals surface area contributed by atoms with E-state index >= 15 is 0 Å². The topological polar surface area (TPSA) is 88.1 Å². The van der Waals surface area contributed by atoms with E-state index in [0.29, 0.717) is 0 Å². The van der Waals surface area contributed by atoms with Gasteiger partial charge in [0, 0.05) is 26.9 Å². The first-order valence-electron chi connectivity index (χ1n) is 6.96. The highest BCUT2D eigenvalue weighted by Crippen LogP contribution is 2.55.